The minimum atomic E-state index is -0.876. The molecule has 2 aliphatic rings. The summed E-state index contributed by atoms with van der Waals surface area (Å²) in [4.78, 5) is 13.6. The second-order valence-corrected chi connectivity index (χ2v) is 9.04. The Kier molecular flexibility index (Phi) is 4.29. The molecule has 1 saturated heterocycles. The standard InChI is InChI=1S/C17H32N2O3/c1-14(2,3)22-13(20)19-11-16(18,12-19)17(21)8-6-7-15(4,5)9-10-17/h21H,6-12,18H2,1-5H3. The third kappa shape index (κ3) is 3.57. The van der Waals surface area contributed by atoms with E-state index in [0.717, 1.165) is 25.7 Å². The predicted molar refractivity (Wildman–Crippen MR) is 86.5 cm³/mol. The molecule has 0 bridgehead atoms. The number of aliphatic hydroxyl groups is 1. The summed E-state index contributed by atoms with van der Waals surface area (Å²) < 4.78 is 5.36. The van der Waals surface area contributed by atoms with Crippen LogP contribution >= 0.6 is 0 Å². The number of hydrogen-bond donors (Lipinski definition) is 2. The lowest BCUT2D eigenvalue weighted by Crippen LogP contribution is -2.78. The topological polar surface area (TPSA) is 75.8 Å². The lowest BCUT2D eigenvalue weighted by molar-refractivity contribution is -0.113. The van der Waals surface area contributed by atoms with Crippen molar-refractivity contribution in [2.24, 2.45) is 11.1 Å². The predicted octanol–water partition coefficient (Wildman–Crippen LogP) is 2.66. The largest absolute Gasteiger partial charge is 0.444 e. The number of nitrogens with zero attached hydrogens (tertiary/aromatic N) is 1. The zero-order valence-corrected chi connectivity index (χ0v) is 14.7. The highest BCUT2D eigenvalue weighted by atomic mass is 16.6. The highest BCUT2D eigenvalue weighted by molar-refractivity contribution is 5.70. The summed E-state index contributed by atoms with van der Waals surface area (Å²) in [6.07, 6.45) is 4.14. The minimum Gasteiger partial charge on any atom is -0.444 e. The fraction of sp³-hybridized carbons (Fsp3) is 0.941. The van der Waals surface area contributed by atoms with Crippen LogP contribution in [0.15, 0.2) is 0 Å². The molecule has 0 aromatic carbocycles. The fourth-order valence-corrected chi connectivity index (χ4v) is 3.54. The lowest BCUT2D eigenvalue weighted by atomic mass is 9.70. The van der Waals surface area contributed by atoms with Gasteiger partial charge in [-0.25, -0.2) is 4.79 Å². The van der Waals surface area contributed by atoms with Crippen LogP contribution in [0.1, 0.15) is 66.7 Å². The average Bonchev–Trinajstić information content (AvgIpc) is 2.43. The summed E-state index contributed by atoms with van der Waals surface area (Å²) in [5.74, 6) is 0. The number of likely N-dealkylation sites (tertiary alicyclic amines) is 1. The van der Waals surface area contributed by atoms with Gasteiger partial charge in [0, 0.05) is 13.1 Å². The van der Waals surface area contributed by atoms with Gasteiger partial charge in [0.15, 0.2) is 0 Å². The molecule has 5 heteroatoms. The summed E-state index contributed by atoms with van der Waals surface area (Å²) in [6.45, 7) is 10.8. The Labute approximate surface area is 134 Å². The van der Waals surface area contributed by atoms with Gasteiger partial charge >= 0.3 is 6.09 Å². The first kappa shape index (κ1) is 17.5. The van der Waals surface area contributed by atoms with Crippen molar-refractivity contribution in [2.75, 3.05) is 13.1 Å². The van der Waals surface area contributed by atoms with Crippen molar-refractivity contribution in [2.45, 2.75) is 83.5 Å². The summed E-state index contributed by atoms with van der Waals surface area (Å²) in [5.41, 5.74) is 4.64. The van der Waals surface area contributed by atoms with Crippen LogP contribution in [0, 0.1) is 5.41 Å². The van der Waals surface area contributed by atoms with E-state index in [9.17, 15) is 9.90 Å². The Morgan fingerprint density at radius 2 is 1.73 bits per heavy atom. The first-order chi connectivity index (χ1) is 9.86. The third-order valence-electron chi connectivity index (χ3n) is 5.18. The van der Waals surface area contributed by atoms with Crippen molar-refractivity contribution in [3.8, 4) is 0 Å². The van der Waals surface area contributed by atoms with Crippen molar-refractivity contribution in [3.63, 3.8) is 0 Å². The van der Waals surface area contributed by atoms with E-state index in [0.29, 0.717) is 19.5 Å². The number of hydrogen-bond acceptors (Lipinski definition) is 4. The van der Waals surface area contributed by atoms with Gasteiger partial charge < -0.3 is 20.5 Å². The molecule has 1 amide bonds. The molecule has 1 heterocycles. The third-order valence-corrected chi connectivity index (χ3v) is 5.18. The van der Waals surface area contributed by atoms with Crippen LogP contribution in [-0.2, 0) is 4.74 Å². The molecular formula is C17H32N2O3. The molecule has 1 aliphatic heterocycles. The van der Waals surface area contributed by atoms with Gasteiger partial charge in [0.25, 0.3) is 0 Å². The second kappa shape index (κ2) is 5.38. The lowest BCUT2D eigenvalue weighted by Gasteiger charge is -2.55. The van der Waals surface area contributed by atoms with E-state index in [2.05, 4.69) is 13.8 Å². The van der Waals surface area contributed by atoms with Crippen molar-refractivity contribution in [3.05, 3.63) is 0 Å². The van der Waals surface area contributed by atoms with Crippen LogP contribution < -0.4 is 5.73 Å². The molecule has 0 spiro atoms. The monoisotopic (exact) mass is 312 g/mol. The molecule has 0 radical (unpaired) electrons. The molecule has 0 aromatic heterocycles. The molecule has 5 nitrogen and oxygen atoms in total. The maximum atomic E-state index is 12.1. The molecule has 3 N–H and O–H groups in total. The summed E-state index contributed by atoms with van der Waals surface area (Å²) in [5, 5.41) is 11.1. The molecule has 128 valence electrons. The van der Waals surface area contributed by atoms with Crippen molar-refractivity contribution >= 4 is 6.09 Å². The minimum absolute atomic E-state index is 0.259. The molecule has 1 atom stereocenters. The van der Waals surface area contributed by atoms with E-state index < -0.39 is 16.7 Å². The first-order valence-electron chi connectivity index (χ1n) is 8.35. The number of carbonyl (C=O) groups is 1. The van der Waals surface area contributed by atoms with Gasteiger partial charge in [0.2, 0.25) is 0 Å². The summed E-state index contributed by atoms with van der Waals surface area (Å²) >= 11 is 0. The van der Waals surface area contributed by atoms with Crippen molar-refractivity contribution < 1.29 is 14.6 Å². The van der Waals surface area contributed by atoms with Crippen LogP contribution in [0.5, 0.6) is 0 Å². The molecule has 1 saturated carbocycles. The first-order valence-corrected chi connectivity index (χ1v) is 8.35. The van der Waals surface area contributed by atoms with Crippen LogP contribution in [0.3, 0.4) is 0 Å². The molecule has 1 unspecified atom stereocenters. The Morgan fingerprint density at radius 3 is 2.27 bits per heavy atom. The maximum absolute atomic E-state index is 12.1. The van der Waals surface area contributed by atoms with E-state index in [1.165, 1.54) is 0 Å². The molecular weight excluding hydrogens is 280 g/mol. The Morgan fingerprint density at radius 1 is 1.14 bits per heavy atom. The zero-order valence-electron chi connectivity index (χ0n) is 14.7. The molecule has 0 aromatic rings. The van der Waals surface area contributed by atoms with E-state index in [-0.39, 0.29) is 11.5 Å². The van der Waals surface area contributed by atoms with Gasteiger partial charge in [-0.3, -0.25) is 0 Å². The highest BCUT2D eigenvalue weighted by Crippen LogP contribution is 2.44. The molecule has 1 aliphatic carbocycles. The second-order valence-electron chi connectivity index (χ2n) is 9.04. The van der Waals surface area contributed by atoms with E-state index in [4.69, 9.17) is 10.5 Å². The van der Waals surface area contributed by atoms with Gasteiger partial charge in [-0.15, -0.1) is 0 Å². The van der Waals surface area contributed by atoms with Gasteiger partial charge in [-0.1, -0.05) is 13.8 Å². The molecule has 2 fully saturated rings. The smallest absolute Gasteiger partial charge is 0.410 e. The van der Waals surface area contributed by atoms with Gasteiger partial charge in [-0.2, -0.15) is 0 Å². The number of rotatable bonds is 1. The Hall–Kier alpha value is -0.810. The zero-order chi connectivity index (χ0) is 16.8. The van der Waals surface area contributed by atoms with Crippen molar-refractivity contribution in [1.29, 1.82) is 0 Å². The highest BCUT2D eigenvalue weighted by Gasteiger charge is 2.57. The number of ether oxygens (including phenoxy) is 1. The van der Waals surface area contributed by atoms with Gasteiger partial charge in [0.1, 0.15) is 5.60 Å². The Bertz CT molecular complexity index is 436. The summed E-state index contributed by atoms with van der Waals surface area (Å²) in [6, 6.07) is 0. The number of carbonyl (C=O) groups excluding carboxylic acids is 1. The number of nitrogens with two attached hydrogens (primary N) is 1. The fourth-order valence-electron chi connectivity index (χ4n) is 3.54. The number of amides is 1. The van der Waals surface area contributed by atoms with Crippen LogP contribution in [0.2, 0.25) is 0 Å². The van der Waals surface area contributed by atoms with Gasteiger partial charge in [0.05, 0.1) is 11.1 Å². The van der Waals surface area contributed by atoms with E-state index in [1.807, 2.05) is 20.8 Å². The van der Waals surface area contributed by atoms with Crippen LogP contribution in [0.25, 0.3) is 0 Å². The maximum Gasteiger partial charge on any atom is 0.410 e. The van der Waals surface area contributed by atoms with Gasteiger partial charge in [-0.05, 0) is 58.3 Å². The van der Waals surface area contributed by atoms with Crippen LogP contribution in [-0.4, -0.2) is 45.9 Å². The summed E-state index contributed by atoms with van der Waals surface area (Å²) in [7, 11) is 0. The molecule has 22 heavy (non-hydrogen) atoms. The normalized spacial score (nSPS) is 31.1. The van der Waals surface area contributed by atoms with E-state index in [1.54, 1.807) is 4.90 Å². The average molecular weight is 312 g/mol. The Balaban J connectivity index is 1.98. The van der Waals surface area contributed by atoms with E-state index >= 15 is 0 Å². The van der Waals surface area contributed by atoms with Crippen LogP contribution in [0.4, 0.5) is 4.79 Å². The quantitative estimate of drug-likeness (QED) is 0.730. The van der Waals surface area contributed by atoms with Crippen molar-refractivity contribution in [1.82, 2.24) is 4.90 Å². The SMILES string of the molecule is CC1(C)CCCC(O)(C2(N)CN(C(=O)OC(C)(C)C)C2)CC1. The molecule has 2 rings (SSSR count).